The number of H-pyrrole nitrogens is 1. The number of nitrogens with one attached hydrogen (secondary N) is 2. The lowest BCUT2D eigenvalue weighted by Gasteiger charge is -2.42. The Bertz CT molecular complexity index is 1340. The fourth-order valence-corrected chi connectivity index (χ4v) is 5.37. The third-order valence-corrected chi connectivity index (χ3v) is 6.94. The maximum Gasteiger partial charge on any atom is 0.387 e. The first-order valence-corrected chi connectivity index (χ1v) is 11.9. The minimum atomic E-state index is -2.97. The summed E-state index contributed by atoms with van der Waals surface area (Å²) in [5, 5.41) is 14.1. The van der Waals surface area contributed by atoms with Crippen molar-refractivity contribution in [2.24, 2.45) is 0 Å². The largest absolute Gasteiger partial charge is 0.508 e. The summed E-state index contributed by atoms with van der Waals surface area (Å²) in [7, 11) is 0. The molecule has 3 heterocycles. The average Bonchev–Trinajstić information content (AvgIpc) is 3.24. The second-order valence-electron chi connectivity index (χ2n) is 9.77. The molecule has 1 aromatic heterocycles. The zero-order valence-corrected chi connectivity index (χ0v) is 20.2. The topological polar surface area (TPSA) is 97.9 Å². The van der Waals surface area contributed by atoms with Gasteiger partial charge in [0, 0.05) is 42.1 Å². The molecular formula is C26H28F2N4O4. The van der Waals surface area contributed by atoms with Crippen LogP contribution in [0.5, 0.6) is 11.5 Å². The lowest BCUT2D eigenvalue weighted by molar-refractivity contribution is -0.133. The van der Waals surface area contributed by atoms with Gasteiger partial charge in [-0.25, -0.2) is 4.79 Å². The first-order valence-electron chi connectivity index (χ1n) is 11.9. The van der Waals surface area contributed by atoms with Crippen LogP contribution >= 0.6 is 0 Å². The van der Waals surface area contributed by atoms with E-state index in [1.807, 2.05) is 13.8 Å². The van der Waals surface area contributed by atoms with E-state index in [1.165, 1.54) is 23.1 Å². The molecule has 3 amide bonds. The molecule has 2 aliphatic heterocycles. The number of phenolic OH excluding ortho intramolecular Hbond substituents is 1. The van der Waals surface area contributed by atoms with E-state index < -0.39 is 24.2 Å². The molecule has 5 rings (SSSR count). The summed E-state index contributed by atoms with van der Waals surface area (Å²) in [6.07, 6.45) is 0.203. The normalized spacial score (nSPS) is 21.6. The molecule has 8 nitrogen and oxygen atoms in total. The molecule has 190 valence electrons. The number of alkyl halides is 2. The summed E-state index contributed by atoms with van der Waals surface area (Å²) in [6.45, 7) is 3.42. The van der Waals surface area contributed by atoms with E-state index in [0.29, 0.717) is 28.7 Å². The highest BCUT2D eigenvalue weighted by molar-refractivity contribution is 6.08. The van der Waals surface area contributed by atoms with Crippen LogP contribution in [0.25, 0.3) is 10.9 Å². The molecule has 3 aromatic rings. The summed E-state index contributed by atoms with van der Waals surface area (Å²) in [5.41, 5.74) is 1.52. The second kappa shape index (κ2) is 8.77. The van der Waals surface area contributed by atoms with Crippen LogP contribution in [0.1, 0.15) is 43.6 Å². The number of benzene rings is 2. The fraction of sp³-hybridized carbons (Fsp3) is 0.385. The Morgan fingerprint density at radius 2 is 2.00 bits per heavy atom. The van der Waals surface area contributed by atoms with E-state index in [1.54, 1.807) is 36.1 Å². The second-order valence-corrected chi connectivity index (χ2v) is 9.77. The van der Waals surface area contributed by atoms with Gasteiger partial charge in [0.1, 0.15) is 23.1 Å². The van der Waals surface area contributed by atoms with Gasteiger partial charge in [0.15, 0.2) is 0 Å². The van der Waals surface area contributed by atoms with Gasteiger partial charge in [-0.05, 0) is 48.4 Å². The van der Waals surface area contributed by atoms with Crippen molar-refractivity contribution in [3.63, 3.8) is 0 Å². The summed E-state index contributed by atoms with van der Waals surface area (Å²) >= 11 is 0. The maximum atomic E-state index is 13.7. The number of nitrogens with zero attached hydrogens (tertiary/aromatic N) is 2. The van der Waals surface area contributed by atoms with Crippen LogP contribution in [0.3, 0.4) is 0 Å². The molecule has 10 heteroatoms. The Kier molecular flexibility index (Phi) is 5.86. The maximum absolute atomic E-state index is 13.7. The Balaban J connectivity index is 1.65. The Morgan fingerprint density at radius 3 is 2.69 bits per heavy atom. The van der Waals surface area contributed by atoms with E-state index in [0.717, 1.165) is 5.56 Å². The molecule has 2 aliphatic rings. The Morgan fingerprint density at radius 1 is 1.22 bits per heavy atom. The molecule has 0 aliphatic carbocycles. The first-order chi connectivity index (χ1) is 17.1. The van der Waals surface area contributed by atoms with Gasteiger partial charge in [0.2, 0.25) is 0 Å². The van der Waals surface area contributed by atoms with Gasteiger partial charge in [0.25, 0.3) is 5.91 Å². The zero-order chi connectivity index (χ0) is 25.8. The number of fused-ring (bicyclic) bond motifs is 4. The molecular weight excluding hydrogens is 470 g/mol. The smallest absolute Gasteiger partial charge is 0.387 e. The van der Waals surface area contributed by atoms with Crippen LogP contribution < -0.4 is 10.1 Å². The van der Waals surface area contributed by atoms with E-state index in [2.05, 4.69) is 15.0 Å². The lowest BCUT2D eigenvalue weighted by Crippen LogP contribution is -2.53. The Labute approximate surface area is 206 Å². The van der Waals surface area contributed by atoms with Gasteiger partial charge in [-0.15, -0.1) is 0 Å². The molecule has 1 fully saturated rings. The molecule has 2 aromatic carbocycles. The highest BCUT2D eigenvalue weighted by atomic mass is 19.3. The van der Waals surface area contributed by atoms with Gasteiger partial charge in [-0.3, -0.25) is 14.6 Å². The van der Waals surface area contributed by atoms with Crippen LogP contribution in [0.2, 0.25) is 0 Å². The predicted molar refractivity (Wildman–Crippen MR) is 129 cm³/mol. The molecule has 1 unspecified atom stereocenters. The van der Waals surface area contributed by atoms with E-state index >= 15 is 0 Å². The number of carbonyl (C=O) groups is 2. The van der Waals surface area contributed by atoms with E-state index in [9.17, 15) is 23.5 Å². The van der Waals surface area contributed by atoms with Crippen molar-refractivity contribution >= 4 is 22.8 Å². The number of phenols is 1. The number of aromatic nitrogens is 1. The molecule has 2 atom stereocenters. The standard InChI is InChI=1S/C26H28F2N4O4/c1-14(2)29-9-10-31-23(34)26(3)13-19-18-12-17(36-24(27)28)7-8-20(18)30-21(19)22(32(26)25(31)35)15-5-4-6-16(33)11-15/h4-8,11-12,14,22,24,29-30,33H,9-10,13H2,1-3H3/t22?,26-/m0/s1. The number of carbonyl (C=O) groups excluding carboxylic acids is 2. The number of amides is 3. The fourth-order valence-electron chi connectivity index (χ4n) is 5.37. The summed E-state index contributed by atoms with van der Waals surface area (Å²) in [6, 6.07) is 10.3. The van der Waals surface area contributed by atoms with E-state index in [4.69, 9.17) is 0 Å². The van der Waals surface area contributed by atoms with Crippen molar-refractivity contribution in [3.8, 4) is 11.5 Å². The van der Waals surface area contributed by atoms with Crippen molar-refractivity contribution in [1.29, 1.82) is 0 Å². The van der Waals surface area contributed by atoms with Crippen molar-refractivity contribution < 1.29 is 28.2 Å². The molecule has 3 N–H and O–H groups in total. The van der Waals surface area contributed by atoms with Crippen LogP contribution in [0, 0.1) is 0 Å². The highest BCUT2D eigenvalue weighted by Gasteiger charge is 2.60. The SMILES string of the molecule is CC(C)NCCN1C(=O)N2C(c3cccc(O)c3)c3[nH]c4ccc(OC(F)F)cc4c3C[C@@]2(C)C1=O. The molecule has 1 saturated heterocycles. The third kappa shape index (κ3) is 3.85. The number of ether oxygens (including phenoxy) is 1. The summed E-state index contributed by atoms with van der Waals surface area (Å²) in [5.74, 6) is -0.278. The number of aromatic hydroxyl groups is 1. The summed E-state index contributed by atoms with van der Waals surface area (Å²) < 4.78 is 30.4. The van der Waals surface area contributed by atoms with Crippen molar-refractivity contribution in [2.75, 3.05) is 13.1 Å². The van der Waals surface area contributed by atoms with Gasteiger partial charge in [0.05, 0.1) is 0 Å². The Hall–Kier alpha value is -3.66. The summed E-state index contributed by atoms with van der Waals surface area (Å²) in [4.78, 5) is 33.6. The van der Waals surface area contributed by atoms with Gasteiger partial charge < -0.3 is 20.1 Å². The van der Waals surface area contributed by atoms with Crippen molar-refractivity contribution in [3.05, 3.63) is 59.3 Å². The molecule has 0 radical (unpaired) electrons. The minimum absolute atomic E-state index is 0.0102. The van der Waals surface area contributed by atoms with Gasteiger partial charge >= 0.3 is 12.6 Å². The number of imide groups is 1. The van der Waals surface area contributed by atoms with E-state index in [-0.39, 0.29) is 36.4 Å². The molecule has 0 spiro atoms. The number of aromatic amines is 1. The molecule has 36 heavy (non-hydrogen) atoms. The lowest BCUT2D eigenvalue weighted by atomic mass is 9.81. The van der Waals surface area contributed by atoms with Crippen LogP contribution in [0.4, 0.5) is 13.6 Å². The van der Waals surface area contributed by atoms with Gasteiger partial charge in [-0.2, -0.15) is 8.78 Å². The zero-order valence-electron chi connectivity index (χ0n) is 20.2. The first kappa shape index (κ1) is 24.1. The van der Waals surface area contributed by atoms with Gasteiger partial charge in [-0.1, -0.05) is 26.0 Å². The average molecular weight is 499 g/mol. The number of rotatable bonds is 7. The number of hydrogen-bond donors (Lipinski definition) is 3. The minimum Gasteiger partial charge on any atom is -0.508 e. The number of halogens is 2. The van der Waals surface area contributed by atoms with Crippen molar-refractivity contribution in [1.82, 2.24) is 20.1 Å². The van der Waals surface area contributed by atoms with Crippen molar-refractivity contribution in [2.45, 2.75) is 51.4 Å². The molecule has 0 bridgehead atoms. The number of hydrogen-bond acceptors (Lipinski definition) is 5. The van der Waals surface area contributed by atoms with Crippen LogP contribution in [-0.4, -0.2) is 63.1 Å². The number of urea groups is 1. The quantitative estimate of drug-likeness (QED) is 0.426. The van der Waals surface area contributed by atoms with Crippen LogP contribution in [0.15, 0.2) is 42.5 Å². The highest BCUT2D eigenvalue weighted by Crippen LogP contribution is 2.49. The monoisotopic (exact) mass is 498 g/mol. The van der Waals surface area contributed by atoms with Crippen LogP contribution in [-0.2, 0) is 11.2 Å². The predicted octanol–water partition coefficient (Wildman–Crippen LogP) is 4.14. The third-order valence-electron chi connectivity index (χ3n) is 6.94. The molecule has 0 saturated carbocycles.